The molecule has 3 aromatic rings. The molecule has 1 N–H and O–H groups in total. The molecule has 4 rings (SSSR count). The van der Waals surface area contributed by atoms with Gasteiger partial charge in [-0.2, -0.15) is 0 Å². The minimum atomic E-state index is -0.819. The number of aliphatic hydroxyl groups is 1. The molecule has 0 amide bonds. The Hall–Kier alpha value is -3.42. The molecule has 6 atom stereocenters. The molecule has 1 saturated heterocycles. The van der Waals surface area contributed by atoms with Gasteiger partial charge in [0.25, 0.3) is 0 Å². The Morgan fingerprint density at radius 1 is 0.667 bits per heavy atom. The molecule has 1 aliphatic heterocycles. The van der Waals surface area contributed by atoms with Crippen LogP contribution in [0, 0.1) is 18.8 Å². The van der Waals surface area contributed by atoms with Crippen LogP contribution in [0.25, 0.3) is 0 Å². The zero-order valence-corrected chi connectivity index (χ0v) is 24.1. The first-order valence-electron chi connectivity index (χ1n) is 13.3. The Morgan fingerprint density at radius 3 is 1.67 bits per heavy atom. The average Bonchev–Trinajstić information content (AvgIpc) is 3.25. The summed E-state index contributed by atoms with van der Waals surface area (Å²) in [4.78, 5) is 0. The first-order chi connectivity index (χ1) is 18.7. The van der Waals surface area contributed by atoms with Gasteiger partial charge >= 0.3 is 0 Å². The van der Waals surface area contributed by atoms with Gasteiger partial charge in [0.05, 0.1) is 40.6 Å². The van der Waals surface area contributed by atoms with Crippen LogP contribution in [0.2, 0.25) is 0 Å². The van der Waals surface area contributed by atoms with Crippen LogP contribution < -0.4 is 23.7 Å². The Balaban J connectivity index is 1.52. The lowest BCUT2D eigenvalue weighted by Crippen LogP contribution is -2.22. The van der Waals surface area contributed by atoms with Crippen LogP contribution in [-0.4, -0.2) is 39.6 Å². The summed E-state index contributed by atoms with van der Waals surface area (Å²) in [6.45, 7) is 8.22. The van der Waals surface area contributed by atoms with Crippen LogP contribution in [0.4, 0.5) is 0 Å². The maximum Gasteiger partial charge on any atom is 0.161 e. The lowest BCUT2D eigenvalue weighted by Gasteiger charge is -2.24. The summed E-state index contributed by atoms with van der Waals surface area (Å²) in [5.41, 5.74) is 3.78. The van der Waals surface area contributed by atoms with Gasteiger partial charge in [0.15, 0.2) is 23.0 Å². The van der Waals surface area contributed by atoms with E-state index in [-0.39, 0.29) is 24.0 Å². The molecule has 1 aliphatic rings. The Morgan fingerprint density at radius 2 is 1.15 bits per heavy atom. The van der Waals surface area contributed by atoms with Crippen LogP contribution in [-0.2, 0) is 4.74 Å². The van der Waals surface area contributed by atoms with Crippen molar-refractivity contribution < 1.29 is 33.5 Å². The van der Waals surface area contributed by atoms with Crippen LogP contribution in [0.1, 0.15) is 61.3 Å². The SMILES string of the molecule is COc1ccc(C(O)C(C)Oc2ccc(C3OC(c4ccc(OC)c(OC)c4)C(C)C3C)cc2OC)cc1C. The van der Waals surface area contributed by atoms with Crippen LogP contribution in [0.3, 0.4) is 0 Å². The van der Waals surface area contributed by atoms with E-state index in [0.29, 0.717) is 23.0 Å². The lowest BCUT2D eigenvalue weighted by molar-refractivity contribution is 0.0284. The molecule has 39 heavy (non-hydrogen) atoms. The summed E-state index contributed by atoms with van der Waals surface area (Å²) in [6.07, 6.45) is -1.53. The number of ether oxygens (including phenoxy) is 6. The normalized spacial score (nSPS) is 22.2. The number of hydrogen-bond acceptors (Lipinski definition) is 7. The standard InChI is InChI=1S/C32H40O7/c1-18-15-22(9-12-25(18)34-5)30(33)21(4)38-27-14-11-24(17-29(27)37-8)32-20(3)19(2)31(39-32)23-10-13-26(35-6)28(16-23)36-7/h9-17,19-21,30-33H,1-8H3. The maximum absolute atomic E-state index is 11.0. The van der Waals surface area contributed by atoms with E-state index in [9.17, 15) is 5.11 Å². The molecule has 6 unspecified atom stereocenters. The molecule has 0 spiro atoms. The number of methoxy groups -OCH3 is 4. The van der Waals surface area contributed by atoms with Gasteiger partial charge in [0, 0.05) is 0 Å². The van der Waals surface area contributed by atoms with Crippen molar-refractivity contribution in [1.82, 2.24) is 0 Å². The van der Waals surface area contributed by atoms with Crippen molar-refractivity contribution in [2.24, 2.45) is 11.8 Å². The monoisotopic (exact) mass is 536 g/mol. The zero-order valence-electron chi connectivity index (χ0n) is 24.1. The highest BCUT2D eigenvalue weighted by molar-refractivity contribution is 5.46. The van der Waals surface area contributed by atoms with Gasteiger partial charge in [0.2, 0.25) is 0 Å². The van der Waals surface area contributed by atoms with E-state index in [0.717, 1.165) is 28.0 Å². The highest BCUT2D eigenvalue weighted by Gasteiger charge is 2.41. The predicted molar refractivity (Wildman–Crippen MR) is 150 cm³/mol. The fourth-order valence-electron chi connectivity index (χ4n) is 5.33. The zero-order chi connectivity index (χ0) is 28.3. The molecule has 7 nitrogen and oxygen atoms in total. The fraction of sp³-hybridized carbons (Fsp3) is 0.438. The third kappa shape index (κ3) is 5.80. The van der Waals surface area contributed by atoms with E-state index in [4.69, 9.17) is 28.4 Å². The van der Waals surface area contributed by atoms with Crippen molar-refractivity contribution in [3.8, 4) is 28.7 Å². The van der Waals surface area contributed by atoms with E-state index >= 15 is 0 Å². The quantitative estimate of drug-likeness (QED) is 0.312. The van der Waals surface area contributed by atoms with Crippen LogP contribution in [0.5, 0.6) is 28.7 Å². The summed E-state index contributed by atoms with van der Waals surface area (Å²) in [7, 11) is 6.52. The summed E-state index contributed by atoms with van der Waals surface area (Å²) >= 11 is 0. The lowest BCUT2D eigenvalue weighted by atomic mass is 9.85. The highest BCUT2D eigenvalue weighted by atomic mass is 16.5. The third-order valence-corrected chi connectivity index (χ3v) is 7.85. The smallest absolute Gasteiger partial charge is 0.161 e. The molecule has 1 fully saturated rings. The van der Waals surface area contributed by atoms with Gasteiger partial charge < -0.3 is 33.5 Å². The predicted octanol–water partition coefficient (Wildman–Crippen LogP) is 6.62. The highest BCUT2D eigenvalue weighted by Crippen LogP contribution is 2.50. The van der Waals surface area contributed by atoms with E-state index in [2.05, 4.69) is 13.8 Å². The summed E-state index contributed by atoms with van der Waals surface area (Å²) in [5.74, 6) is 3.85. The van der Waals surface area contributed by atoms with Crippen molar-refractivity contribution in [3.05, 3.63) is 76.9 Å². The fourth-order valence-corrected chi connectivity index (χ4v) is 5.33. The Kier molecular flexibility index (Phi) is 8.93. The van der Waals surface area contributed by atoms with Gasteiger partial charge in [-0.15, -0.1) is 0 Å². The number of aryl methyl sites for hydroxylation is 1. The van der Waals surface area contributed by atoms with E-state index in [1.165, 1.54) is 0 Å². The molecule has 0 radical (unpaired) electrons. The molecule has 210 valence electrons. The molecule has 0 aliphatic carbocycles. The third-order valence-electron chi connectivity index (χ3n) is 7.85. The molecular formula is C32H40O7. The van der Waals surface area contributed by atoms with Crippen molar-refractivity contribution in [1.29, 1.82) is 0 Å². The van der Waals surface area contributed by atoms with E-state index in [1.807, 2.05) is 68.4 Å². The maximum atomic E-state index is 11.0. The number of aliphatic hydroxyl groups excluding tert-OH is 1. The molecule has 0 bridgehead atoms. The average molecular weight is 537 g/mol. The van der Waals surface area contributed by atoms with Crippen molar-refractivity contribution >= 4 is 0 Å². The Labute approximate surface area is 231 Å². The largest absolute Gasteiger partial charge is 0.496 e. The van der Waals surface area contributed by atoms with E-state index < -0.39 is 12.2 Å². The minimum Gasteiger partial charge on any atom is -0.496 e. The first kappa shape index (κ1) is 28.6. The molecular weight excluding hydrogens is 496 g/mol. The molecule has 3 aromatic carbocycles. The van der Waals surface area contributed by atoms with Crippen molar-refractivity contribution in [2.75, 3.05) is 28.4 Å². The summed E-state index contributed by atoms with van der Waals surface area (Å²) in [6, 6.07) is 17.4. The summed E-state index contributed by atoms with van der Waals surface area (Å²) < 4.78 is 34.8. The molecule has 1 heterocycles. The van der Waals surface area contributed by atoms with Crippen LogP contribution in [0.15, 0.2) is 54.6 Å². The summed E-state index contributed by atoms with van der Waals surface area (Å²) in [5, 5.41) is 11.0. The second-order valence-corrected chi connectivity index (χ2v) is 10.2. The van der Waals surface area contributed by atoms with Gasteiger partial charge in [-0.05, 0) is 84.3 Å². The van der Waals surface area contributed by atoms with Crippen LogP contribution >= 0.6 is 0 Å². The van der Waals surface area contributed by atoms with Gasteiger partial charge in [-0.1, -0.05) is 32.0 Å². The Bertz CT molecular complexity index is 1270. The number of hydrogen-bond donors (Lipinski definition) is 1. The molecule has 0 saturated carbocycles. The van der Waals surface area contributed by atoms with Gasteiger partial charge in [0.1, 0.15) is 18.0 Å². The van der Waals surface area contributed by atoms with Gasteiger partial charge in [-0.25, -0.2) is 0 Å². The van der Waals surface area contributed by atoms with Crippen molar-refractivity contribution in [3.63, 3.8) is 0 Å². The number of rotatable bonds is 10. The second-order valence-electron chi connectivity index (χ2n) is 10.2. The molecule has 0 aromatic heterocycles. The second kappa shape index (κ2) is 12.2. The van der Waals surface area contributed by atoms with Gasteiger partial charge in [-0.3, -0.25) is 0 Å². The number of benzene rings is 3. The molecule has 7 heteroatoms. The first-order valence-corrected chi connectivity index (χ1v) is 13.3. The topological polar surface area (TPSA) is 75.6 Å². The van der Waals surface area contributed by atoms with E-state index in [1.54, 1.807) is 28.4 Å². The van der Waals surface area contributed by atoms with Crippen molar-refractivity contribution in [2.45, 2.75) is 52.1 Å². The minimum absolute atomic E-state index is 0.0881.